The van der Waals surface area contributed by atoms with E-state index in [1.807, 2.05) is 25.1 Å². The van der Waals surface area contributed by atoms with Gasteiger partial charge in [-0.25, -0.2) is 14.8 Å². The normalized spacial score (nSPS) is 10.2. The minimum absolute atomic E-state index is 0.387. The number of esters is 1. The van der Waals surface area contributed by atoms with Crippen LogP contribution < -0.4 is 15.5 Å². The van der Waals surface area contributed by atoms with Crippen LogP contribution >= 0.6 is 0 Å². The van der Waals surface area contributed by atoms with Crippen LogP contribution in [0, 0.1) is 0 Å². The van der Waals surface area contributed by atoms with Crippen LogP contribution in [-0.4, -0.2) is 50.2 Å². The largest absolute Gasteiger partial charge is 0.465 e. The summed E-state index contributed by atoms with van der Waals surface area (Å²) in [4.78, 5) is 23.9. The lowest BCUT2D eigenvalue weighted by molar-refractivity contribution is 0.0600. The van der Waals surface area contributed by atoms with E-state index in [9.17, 15) is 4.79 Å². The Morgan fingerprint density at radius 1 is 1.09 bits per heavy atom. The van der Waals surface area contributed by atoms with E-state index >= 15 is 0 Å². The van der Waals surface area contributed by atoms with Gasteiger partial charge < -0.3 is 20.3 Å². The lowest BCUT2D eigenvalue weighted by Gasteiger charge is -2.24. The third-order valence-electron chi connectivity index (χ3n) is 3.54. The minimum Gasteiger partial charge on any atom is -0.465 e. The van der Waals surface area contributed by atoms with Crippen LogP contribution in [-0.2, 0) is 4.74 Å². The molecule has 0 aromatic carbocycles. The van der Waals surface area contributed by atoms with Crippen molar-refractivity contribution in [2.24, 2.45) is 0 Å². The maximum Gasteiger partial charge on any atom is 0.339 e. The Labute approximate surface area is 135 Å². The van der Waals surface area contributed by atoms with Crippen LogP contribution in [0.3, 0.4) is 0 Å². The summed E-state index contributed by atoms with van der Waals surface area (Å²) in [7, 11) is 5.30. The molecule has 2 aromatic rings. The molecule has 0 bridgehead atoms. The van der Waals surface area contributed by atoms with Gasteiger partial charge in [0.2, 0.25) is 0 Å². The Hall–Kier alpha value is -2.83. The molecule has 0 atom stereocenters. The lowest BCUT2D eigenvalue weighted by Crippen LogP contribution is -2.31. The number of nitrogens with two attached hydrogens (primary N) is 1. The average molecular weight is 315 g/mol. The van der Waals surface area contributed by atoms with Crippen molar-refractivity contribution < 1.29 is 9.53 Å². The van der Waals surface area contributed by atoms with Crippen LogP contribution in [0.2, 0.25) is 0 Å². The number of likely N-dealkylation sites (N-methyl/N-ethyl adjacent to an activating group) is 2. The molecule has 2 heterocycles. The zero-order valence-corrected chi connectivity index (χ0v) is 13.6. The zero-order valence-electron chi connectivity index (χ0n) is 13.6. The summed E-state index contributed by atoms with van der Waals surface area (Å²) in [6.45, 7) is 1.56. The summed E-state index contributed by atoms with van der Waals surface area (Å²) < 4.78 is 4.66. The van der Waals surface area contributed by atoms with Gasteiger partial charge in [0.1, 0.15) is 11.6 Å². The number of anilines is 3. The molecule has 0 aliphatic rings. The maximum atomic E-state index is 11.4. The smallest absolute Gasteiger partial charge is 0.339 e. The summed E-state index contributed by atoms with van der Waals surface area (Å²) >= 11 is 0. The molecule has 0 saturated heterocycles. The molecule has 0 amide bonds. The first-order valence-electron chi connectivity index (χ1n) is 7.19. The first-order valence-corrected chi connectivity index (χ1v) is 7.19. The highest BCUT2D eigenvalue weighted by Crippen LogP contribution is 2.13. The first-order chi connectivity index (χ1) is 11.0. The fourth-order valence-corrected chi connectivity index (χ4v) is 2.02. The highest BCUT2D eigenvalue weighted by Gasteiger charge is 2.09. The molecule has 0 spiro atoms. The number of aromatic nitrogens is 2. The van der Waals surface area contributed by atoms with Crippen molar-refractivity contribution in [2.45, 2.75) is 0 Å². The molecule has 0 unspecified atom stereocenters. The van der Waals surface area contributed by atoms with Gasteiger partial charge in [-0.1, -0.05) is 0 Å². The van der Waals surface area contributed by atoms with E-state index in [1.165, 1.54) is 13.3 Å². The topological polar surface area (TPSA) is 84.6 Å². The van der Waals surface area contributed by atoms with Crippen LogP contribution in [0.1, 0.15) is 10.4 Å². The summed E-state index contributed by atoms with van der Waals surface area (Å²) in [6.07, 6.45) is 3.27. The molecule has 2 rings (SSSR count). The first kappa shape index (κ1) is 16.5. The number of hydrogen-bond donors (Lipinski definition) is 1. The predicted octanol–water partition coefficient (Wildman–Crippen LogP) is 1.42. The fourth-order valence-electron chi connectivity index (χ4n) is 2.02. The maximum absolute atomic E-state index is 11.4. The Bertz CT molecular complexity index is 643. The number of nitrogens with zero attached hydrogens (tertiary/aromatic N) is 4. The summed E-state index contributed by atoms with van der Waals surface area (Å²) in [5.74, 6) is 0.915. The second kappa shape index (κ2) is 7.44. The fraction of sp³-hybridized carbons (Fsp3) is 0.312. The molecule has 23 heavy (non-hydrogen) atoms. The van der Waals surface area contributed by atoms with E-state index in [2.05, 4.69) is 19.6 Å². The molecule has 2 N–H and O–H groups in total. The molecule has 122 valence electrons. The number of carbonyl (C=O) groups excluding carboxylic acids is 1. The van der Waals surface area contributed by atoms with Crippen molar-refractivity contribution in [3.63, 3.8) is 0 Å². The summed E-state index contributed by atoms with van der Waals surface area (Å²) in [6, 6.07) is 7.23. The second-order valence-electron chi connectivity index (χ2n) is 5.18. The SMILES string of the molecule is COC(=O)c1ccc(N(C)CCN(C)c2ccc(N)nc2)nc1. The van der Waals surface area contributed by atoms with E-state index in [0.717, 1.165) is 24.6 Å². The van der Waals surface area contributed by atoms with Crippen molar-refractivity contribution in [1.82, 2.24) is 9.97 Å². The zero-order chi connectivity index (χ0) is 16.8. The molecule has 7 nitrogen and oxygen atoms in total. The highest BCUT2D eigenvalue weighted by molar-refractivity contribution is 5.89. The van der Waals surface area contributed by atoms with Gasteiger partial charge in [0.25, 0.3) is 0 Å². The van der Waals surface area contributed by atoms with Crippen molar-refractivity contribution in [3.05, 3.63) is 42.2 Å². The van der Waals surface area contributed by atoms with E-state index in [4.69, 9.17) is 5.73 Å². The third-order valence-corrected chi connectivity index (χ3v) is 3.54. The number of nitrogen functional groups attached to an aromatic ring is 1. The summed E-state index contributed by atoms with van der Waals surface area (Å²) in [5.41, 5.74) is 7.03. The number of hydrogen-bond acceptors (Lipinski definition) is 7. The van der Waals surface area contributed by atoms with Gasteiger partial charge in [0, 0.05) is 33.4 Å². The highest BCUT2D eigenvalue weighted by atomic mass is 16.5. The van der Waals surface area contributed by atoms with E-state index in [1.54, 1.807) is 24.4 Å². The van der Waals surface area contributed by atoms with Gasteiger partial charge in [0.15, 0.2) is 0 Å². The number of carbonyl (C=O) groups is 1. The van der Waals surface area contributed by atoms with Gasteiger partial charge in [-0.2, -0.15) is 0 Å². The van der Waals surface area contributed by atoms with Gasteiger partial charge in [0.05, 0.1) is 24.6 Å². The molecule has 2 aromatic heterocycles. The van der Waals surface area contributed by atoms with Gasteiger partial charge >= 0.3 is 5.97 Å². The van der Waals surface area contributed by atoms with Crippen LogP contribution in [0.15, 0.2) is 36.7 Å². The van der Waals surface area contributed by atoms with Crippen LogP contribution in [0.5, 0.6) is 0 Å². The Morgan fingerprint density at radius 2 is 1.83 bits per heavy atom. The standard InChI is InChI=1S/C16H21N5O2/c1-20(13-5-6-14(17)18-11-13)8-9-21(2)15-7-4-12(10-19-15)16(22)23-3/h4-7,10-11H,8-9H2,1-3H3,(H2,17,18). The number of ether oxygens (including phenoxy) is 1. The summed E-state index contributed by atoms with van der Waals surface area (Å²) in [5, 5.41) is 0. The van der Waals surface area contributed by atoms with Crippen LogP contribution in [0.4, 0.5) is 17.3 Å². The Morgan fingerprint density at radius 3 is 2.39 bits per heavy atom. The van der Waals surface area contributed by atoms with Crippen molar-refractivity contribution >= 4 is 23.3 Å². The predicted molar refractivity (Wildman–Crippen MR) is 90.8 cm³/mol. The molecule has 7 heteroatoms. The van der Waals surface area contributed by atoms with Gasteiger partial charge in [-0.3, -0.25) is 0 Å². The molecule has 0 fully saturated rings. The second-order valence-corrected chi connectivity index (χ2v) is 5.18. The lowest BCUT2D eigenvalue weighted by atomic mass is 10.3. The Kier molecular flexibility index (Phi) is 5.35. The Balaban J connectivity index is 1.92. The molecular weight excluding hydrogens is 294 g/mol. The number of methoxy groups -OCH3 is 1. The van der Waals surface area contributed by atoms with Crippen molar-refractivity contribution in [2.75, 3.05) is 49.8 Å². The molecular formula is C16H21N5O2. The monoisotopic (exact) mass is 315 g/mol. The van der Waals surface area contributed by atoms with Crippen molar-refractivity contribution in [3.8, 4) is 0 Å². The quantitative estimate of drug-likeness (QED) is 0.807. The number of rotatable bonds is 6. The number of pyridine rings is 2. The van der Waals surface area contributed by atoms with Gasteiger partial charge in [-0.05, 0) is 24.3 Å². The molecule has 0 aliphatic carbocycles. The van der Waals surface area contributed by atoms with Gasteiger partial charge in [-0.15, -0.1) is 0 Å². The molecule has 0 radical (unpaired) electrons. The average Bonchev–Trinajstić information content (AvgIpc) is 2.59. The minimum atomic E-state index is -0.387. The molecule has 0 saturated carbocycles. The third kappa shape index (κ3) is 4.32. The van der Waals surface area contributed by atoms with Crippen LogP contribution in [0.25, 0.3) is 0 Å². The van der Waals surface area contributed by atoms with Crippen molar-refractivity contribution in [1.29, 1.82) is 0 Å². The van der Waals surface area contributed by atoms with E-state index in [-0.39, 0.29) is 5.97 Å². The van der Waals surface area contributed by atoms with E-state index in [0.29, 0.717) is 11.4 Å². The molecule has 0 aliphatic heterocycles. The van der Waals surface area contributed by atoms with E-state index < -0.39 is 0 Å².